The number of hydrogen-bond donors (Lipinski definition) is 3. The summed E-state index contributed by atoms with van der Waals surface area (Å²) in [7, 11) is 0. The Morgan fingerprint density at radius 1 is 1.15 bits per heavy atom. The highest BCUT2D eigenvalue weighted by Crippen LogP contribution is 2.23. The number of aromatic nitrogens is 3. The van der Waals surface area contributed by atoms with Crippen LogP contribution >= 0.6 is 11.6 Å². The van der Waals surface area contributed by atoms with Crippen molar-refractivity contribution in [2.24, 2.45) is 0 Å². The molecule has 2 aromatic heterocycles. The van der Waals surface area contributed by atoms with Gasteiger partial charge in [-0.15, -0.1) is 11.6 Å². The molecule has 136 valence electrons. The van der Waals surface area contributed by atoms with Crippen LogP contribution in [0.2, 0.25) is 0 Å². The molecule has 27 heavy (non-hydrogen) atoms. The van der Waals surface area contributed by atoms with Crippen LogP contribution in [0.25, 0.3) is 10.9 Å². The van der Waals surface area contributed by atoms with E-state index in [9.17, 15) is 9.59 Å². The number of fused-ring (bicyclic) bond motifs is 1. The molecular weight excluding hydrogens is 370 g/mol. The third kappa shape index (κ3) is 3.44. The number of carbonyl (C=O) groups is 2. The molecule has 1 aromatic carbocycles. The normalized spacial score (nSPS) is 16.0. The molecule has 1 saturated heterocycles. The summed E-state index contributed by atoms with van der Waals surface area (Å²) in [4.78, 5) is 36.5. The number of anilines is 2. The van der Waals surface area contributed by atoms with Crippen molar-refractivity contribution in [2.75, 3.05) is 17.4 Å². The summed E-state index contributed by atoms with van der Waals surface area (Å²) in [6, 6.07) is 10.5. The Morgan fingerprint density at radius 2 is 1.93 bits per heavy atom. The topological polar surface area (TPSA) is 112 Å². The summed E-state index contributed by atoms with van der Waals surface area (Å²) in [6.45, 7) is 0.359. The molecule has 1 aliphatic rings. The number of benzene rings is 1. The highest BCUT2D eigenvalue weighted by molar-refractivity contribution is 6.33. The number of nitrogens with one attached hydrogen (secondary N) is 3. The lowest BCUT2D eigenvalue weighted by Gasteiger charge is -2.34. The van der Waals surface area contributed by atoms with Crippen molar-refractivity contribution in [3.8, 4) is 0 Å². The number of nitrogens with zero attached hydrogens (tertiary/aromatic N) is 4. The minimum Gasteiger partial charge on any atom is -0.281 e. The monoisotopic (exact) mass is 383 g/mol. The number of carbonyl (C=O) groups excluding carboxylic acids is 2. The molecule has 2 amide bonds. The Balaban J connectivity index is 1.57. The minimum absolute atomic E-state index is 0.214. The molecule has 3 heterocycles. The van der Waals surface area contributed by atoms with E-state index in [0.29, 0.717) is 28.8 Å². The first-order valence-corrected chi connectivity index (χ1v) is 8.51. The molecule has 3 N–H and O–H groups in total. The fraction of sp³-hybridized carbons (Fsp3) is 0.118. The van der Waals surface area contributed by atoms with E-state index in [0.717, 1.165) is 0 Å². The SMILES string of the molecule is O=C(NNc1nc(NN2CC(Cl)C2=O)nc2ccccc12)c1ccncc1. The van der Waals surface area contributed by atoms with Gasteiger partial charge in [0, 0.05) is 23.3 Å². The third-order valence-electron chi connectivity index (χ3n) is 3.95. The third-order valence-corrected chi connectivity index (χ3v) is 4.28. The largest absolute Gasteiger partial charge is 0.281 e. The Hall–Kier alpha value is -3.46. The van der Waals surface area contributed by atoms with E-state index < -0.39 is 5.38 Å². The predicted molar refractivity (Wildman–Crippen MR) is 99.8 cm³/mol. The zero-order chi connectivity index (χ0) is 18.8. The quantitative estimate of drug-likeness (QED) is 0.348. The number of para-hydroxylation sites is 1. The van der Waals surface area contributed by atoms with E-state index in [2.05, 4.69) is 31.2 Å². The van der Waals surface area contributed by atoms with Gasteiger partial charge in [0.15, 0.2) is 5.82 Å². The van der Waals surface area contributed by atoms with Gasteiger partial charge in [-0.1, -0.05) is 12.1 Å². The van der Waals surface area contributed by atoms with Crippen LogP contribution in [0.3, 0.4) is 0 Å². The number of hydrazine groups is 2. The van der Waals surface area contributed by atoms with E-state index in [-0.39, 0.29) is 17.8 Å². The van der Waals surface area contributed by atoms with Crippen LogP contribution in [0.1, 0.15) is 10.4 Å². The minimum atomic E-state index is -0.532. The molecule has 10 heteroatoms. The predicted octanol–water partition coefficient (Wildman–Crippen LogP) is 1.56. The van der Waals surface area contributed by atoms with Crippen LogP contribution in [0.4, 0.5) is 11.8 Å². The molecule has 3 aromatic rings. The van der Waals surface area contributed by atoms with Crippen molar-refractivity contribution in [2.45, 2.75) is 5.38 Å². The average molecular weight is 384 g/mol. The van der Waals surface area contributed by atoms with Gasteiger partial charge in [-0.2, -0.15) is 4.98 Å². The molecule has 9 nitrogen and oxygen atoms in total. The van der Waals surface area contributed by atoms with E-state index in [1.54, 1.807) is 18.2 Å². The number of alkyl halides is 1. The summed E-state index contributed by atoms with van der Waals surface area (Å²) in [5.41, 5.74) is 9.33. The van der Waals surface area contributed by atoms with Crippen LogP contribution in [0.15, 0.2) is 48.8 Å². The summed E-state index contributed by atoms with van der Waals surface area (Å²) in [5.74, 6) is 0.0265. The molecule has 0 aliphatic carbocycles. The summed E-state index contributed by atoms with van der Waals surface area (Å²) in [5, 5.41) is 1.51. The van der Waals surface area contributed by atoms with Crippen molar-refractivity contribution in [1.29, 1.82) is 0 Å². The zero-order valence-corrected chi connectivity index (χ0v) is 14.6. The molecule has 4 rings (SSSR count). The number of pyridine rings is 1. The lowest BCUT2D eigenvalue weighted by atomic mass is 10.2. The molecule has 1 aliphatic heterocycles. The number of β-lactam (4-membered cyclic amide) rings is 1. The lowest BCUT2D eigenvalue weighted by molar-refractivity contribution is -0.137. The molecule has 1 unspecified atom stereocenters. The molecule has 0 bridgehead atoms. The zero-order valence-electron chi connectivity index (χ0n) is 13.9. The smallest absolute Gasteiger partial charge is 0.269 e. The van der Waals surface area contributed by atoms with E-state index in [1.807, 2.05) is 18.2 Å². The first kappa shape index (κ1) is 17.0. The van der Waals surface area contributed by atoms with Gasteiger partial charge >= 0.3 is 0 Å². The van der Waals surface area contributed by atoms with Gasteiger partial charge in [0.05, 0.1) is 12.1 Å². The number of hydrogen-bond acceptors (Lipinski definition) is 7. The van der Waals surface area contributed by atoms with Crippen LogP contribution in [0.5, 0.6) is 0 Å². The Labute approximate surface area is 158 Å². The molecule has 0 radical (unpaired) electrons. The summed E-state index contributed by atoms with van der Waals surface area (Å²) < 4.78 is 0. The second-order valence-electron chi connectivity index (χ2n) is 5.76. The summed E-state index contributed by atoms with van der Waals surface area (Å²) in [6.07, 6.45) is 3.07. The highest BCUT2D eigenvalue weighted by Gasteiger charge is 2.35. The average Bonchev–Trinajstić information content (AvgIpc) is 2.72. The number of amides is 2. The molecule has 1 fully saturated rings. The fourth-order valence-corrected chi connectivity index (χ4v) is 2.78. The van der Waals surface area contributed by atoms with Crippen molar-refractivity contribution in [3.05, 3.63) is 54.4 Å². The van der Waals surface area contributed by atoms with Crippen LogP contribution < -0.4 is 16.3 Å². The van der Waals surface area contributed by atoms with Gasteiger partial charge in [-0.3, -0.25) is 35.9 Å². The Bertz CT molecular complexity index is 1010. The first-order valence-electron chi connectivity index (χ1n) is 8.07. The van der Waals surface area contributed by atoms with E-state index in [1.165, 1.54) is 17.4 Å². The second kappa shape index (κ2) is 7.04. The molecular formula is C17H14ClN7O2. The van der Waals surface area contributed by atoms with Crippen LogP contribution in [-0.4, -0.2) is 43.7 Å². The second-order valence-corrected chi connectivity index (χ2v) is 6.28. The van der Waals surface area contributed by atoms with Gasteiger partial charge < -0.3 is 0 Å². The number of rotatable bonds is 5. The Morgan fingerprint density at radius 3 is 2.67 bits per heavy atom. The van der Waals surface area contributed by atoms with Crippen LogP contribution in [0, 0.1) is 0 Å². The maximum absolute atomic E-state index is 12.2. The van der Waals surface area contributed by atoms with Gasteiger partial charge in [-0.05, 0) is 24.3 Å². The van der Waals surface area contributed by atoms with Gasteiger partial charge in [0.1, 0.15) is 5.38 Å². The van der Waals surface area contributed by atoms with Crippen molar-refractivity contribution >= 4 is 46.1 Å². The number of halogens is 1. The molecule has 1 atom stereocenters. The van der Waals surface area contributed by atoms with E-state index in [4.69, 9.17) is 11.6 Å². The van der Waals surface area contributed by atoms with Gasteiger partial charge in [0.2, 0.25) is 5.95 Å². The first-order chi connectivity index (χ1) is 13.1. The maximum Gasteiger partial charge on any atom is 0.269 e. The van der Waals surface area contributed by atoms with Crippen molar-refractivity contribution < 1.29 is 9.59 Å². The summed E-state index contributed by atoms with van der Waals surface area (Å²) >= 11 is 5.79. The molecule has 0 spiro atoms. The van der Waals surface area contributed by atoms with Crippen molar-refractivity contribution in [3.63, 3.8) is 0 Å². The molecule has 0 saturated carbocycles. The standard InChI is InChI=1S/C17H14ClN7O2/c18-12-9-25(16(12)27)24-17-20-13-4-2-1-3-11(13)14(21-17)22-23-15(26)10-5-7-19-8-6-10/h1-8,12H,9H2,(H,23,26)(H2,20,21,22,24). The fourth-order valence-electron chi connectivity index (χ4n) is 2.52. The van der Waals surface area contributed by atoms with Gasteiger partial charge in [0.25, 0.3) is 11.8 Å². The Kier molecular flexibility index (Phi) is 4.43. The van der Waals surface area contributed by atoms with E-state index >= 15 is 0 Å². The highest BCUT2D eigenvalue weighted by atomic mass is 35.5. The lowest BCUT2D eigenvalue weighted by Crippen LogP contribution is -2.56. The van der Waals surface area contributed by atoms with Crippen molar-refractivity contribution in [1.82, 2.24) is 25.4 Å². The van der Waals surface area contributed by atoms with Crippen LogP contribution in [-0.2, 0) is 4.79 Å². The maximum atomic E-state index is 12.2. The van der Waals surface area contributed by atoms with Gasteiger partial charge in [-0.25, -0.2) is 4.98 Å².